The zero-order chi connectivity index (χ0) is 17.8. The molecule has 0 saturated carbocycles. The number of Topliss-reactive ketones (excluding diaryl/α,β-unsaturated/α-hetero) is 1. The Kier molecular flexibility index (Phi) is 5.13. The van der Waals surface area contributed by atoms with Gasteiger partial charge in [-0.3, -0.25) is 4.79 Å². The van der Waals surface area contributed by atoms with Gasteiger partial charge in [-0.25, -0.2) is 4.79 Å². The topological polar surface area (TPSA) is 43.4 Å². The molecule has 0 amide bonds. The highest BCUT2D eigenvalue weighted by Gasteiger charge is 2.43. The summed E-state index contributed by atoms with van der Waals surface area (Å²) in [4.78, 5) is 25.7. The Balaban J connectivity index is 2.02. The van der Waals surface area contributed by atoms with Gasteiger partial charge in [-0.2, -0.15) is 0 Å². The number of benzene rings is 2. The van der Waals surface area contributed by atoms with Crippen LogP contribution in [0.4, 0.5) is 0 Å². The van der Waals surface area contributed by atoms with Crippen LogP contribution in [0.3, 0.4) is 0 Å². The molecule has 0 spiro atoms. The normalized spacial score (nSPS) is 22.3. The quantitative estimate of drug-likeness (QED) is 0.601. The van der Waals surface area contributed by atoms with Gasteiger partial charge < -0.3 is 4.74 Å². The lowest BCUT2D eigenvalue weighted by Crippen LogP contribution is -2.26. The van der Waals surface area contributed by atoms with Crippen molar-refractivity contribution < 1.29 is 14.3 Å². The van der Waals surface area contributed by atoms with Crippen LogP contribution in [0.5, 0.6) is 0 Å². The molecule has 0 heterocycles. The SMILES string of the molecule is CCOC(=O)C1=C[C@@H](C)[C@H](C(=O)c2ccccc2)[C@H]1c1ccccc1. The number of carbonyl (C=O) groups excluding carboxylic acids is 2. The van der Waals surface area contributed by atoms with E-state index < -0.39 is 0 Å². The summed E-state index contributed by atoms with van der Waals surface area (Å²) < 4.78 is 5.24. The summed E-state index contributed by atoms with van der Waals surface area (Å²) in [6, 6.07) is 19.0. The van der Waals surface area contributed by atoms with Crippen LogP contribution in [0.1, 0.15) is 35.7 Å². The minimum absolute atomic E-state index is 0.0303. The minimum Gasteiger partial charge on any atom is -0.463 e. The number of ether oxygens (including phenoxy) is 1. The van der Waals surface area contributed by atoms with Gasteiger partial charge in [-0.05, 0) is 18.4 Å². The van der Waals surface area contributed by atoms with Crippen LogP contribution in [-0.4, -0.2) is 18.4 Å². The summed E-state index contributed by atoms with van der Waals surface area (Å²) in [6.07, 6.45) is 1.90. The number of ketones is 1. The standard InChI is InChI=1S/C22H22O3/c1-3-25-22(24)18-14-15(2)19(20(18)16-10-6-4-7-11-16)21(23)17-12-8-5-9-13-17/h4-15,19-20H,3H2,1-2H3/t15-,19+,20+/m1/s1. The molecule has 0 aliphatic heterocycles. The van der Waals surface area contributed by atoms with Crippen LogP contribution >= 0.6 is 0 Å². The second kappa shape index (κ2) is 7.47. The first-order chi connectivity index (χ1) is 12.1. The Morgan fingerprint density at radius 1 is 0.960 bits per heavy atom. The third-order valence-corrected chi connectivity index (χ3v) is 4.73. The van der Waals surface area contributed by atoms with Crippen molar-refractivity contribution in [2.24, 2.45) is 11.8 Å². The molecule has 2 aromatic carbocycles. The summed E-state index contributed by atoms with van der Waals surface area (Å²) in [6.45, 7) is 4.11. The van der Waals surface area contributed by atoms with Gasteiger partial charge in [0.15, 0.2) is 5.78 Å². The lowest BCUT2D eigenvalue weighted by molar-refractivity contribution is -0.138. The predicted octanol–water partition coefficient (Wildman–Crippen LogP) is 4.41. The highest BCUT2D eigenvalue weighted by Crippen LogP contribution is 2.45. The predicted molar refractivity (Wildman–Crippen MR) is 97.3 cm³/mol. The van der Waals surface area contributed by atoms with Crippen molar-refractivity contribution in [2.45, 2.75) is 19.8 Å². The molecule has 3 atom stereocenters. The lowest BCUT2D eigenvalue weighted by Gasteiger charge is -2.24. The fourth-order valence-corrected chi connectivity index (χ4v) is 3.63. The van der Waals surface area contributed by atoms with E-state index in [9.17, 15) is 9.59 Å². The van der Waals surface area contributed by atoms with Gasteiger partial charge in [0.25, 0.3) is 0 Å². The molecule has 0 fully saturated rings. The average Bonchev–Trinajstić information content (AvgIpc) is 3.00. The van der Waals surface area contributed by atoms with Crippen molar-refractivity contribution in [1.82, 2.24) is 0 Å². The van der Waals surface area contributed by atoms with Crippen molar-refractivity contribution in [3.8, 4) is 0 Å². The molecule has 0 unspecified atom stereocenters. The highest BCUT2D eigenvalue weighted by atomic mass is 16.5. The Labute approximate surface area is 148 Å². The van der Waals surface area contributed by atoms with Crippen LogP contribution in [0.2, 0.25) is 0 Å². The zero-order valence-corrected chi connectivity index (χ0v) is 14.5. The third-order valence-electron chi connectivity index (χ3n) is 4.73. The lowest BCUT2D eigenvalue weighted by atomic mass is 9.77. The Morgan fingerprint density at radius 3 is 2.16 bits per heavy atom. The fourth-order valence-electron chi connectivity index (χ4n) is 3.63. The Bertz CT molecular complexity index is 777. The van der Waals surface area contributed by atoms with E-state index in [4.69, 9.17) is 4.74 Å². The number of hydrogen-bond donors (Lipinski definition) is 0. The maximum absolute atomic E-state index is 13.2. The number of esters is 1. The zero-order valence-electron chi connectivity index (χ0n) is 14.5. The molecule has 0 N–H and O–H groups in total. The summed E-state index contributed by atoms with van der Waals surface area (Å²) >= 11 is 0. The van der Waals surface area contributed by atoms with Crippen LogP contribution in [-0.2, 0) is 9.53 Å². The largest absolute Gasteiger partial charge is 0.463 e. The molecule has 128 valence electrons. The molecule has 0 radical (unpaired) electrons. The Morgan fingerprint density at radius 2 is 1.56 bits per heavy atom. The second-order valence-corrected chi connectivity index (χ2v) is 6.35. The van der Waals surface area contributed by atoms with Gasteiger partial charge in [0, 0.05) is 23.0 Å². The van der Waals surface area contributed by atoms with E-state index in [1.807, 2.05) is 73.7 Å². The van der Waals surface area contributed by atoms with E-state index in [0.717, 1.165) is 5.56 Å². The van der Waals surface area contributed by atoms with E-state index >= 15 is 0 Å². The molecule has 0 bridgehead atoms. The Hall–Kier alpha value is -2.68. The van der Waals surface area contributed by atoms with E-state index in [-0.39, 0.29) is 29.5 Å². The van der Waals surface area contributed by atoms with E-state index in [1.165, 1.54) is 0 Å². The molecular formula is C22H22O3. The summed E-state index contributed by atoms with van der Waals surface area (Å²) in [7, 11) is 0. The van der Waals surface area contributed by atoms with Crippen molar-refractivity contribution in [1.29, 1.82) is 0 Å². The highest BCUT2D eigenvalue weighted by molar-refractivity contribution is 6.02. The maximum atomic E-state index is 13.2. The number of hydrogen-bond acceptors (Lipinski definition) is 3. The maximum Gasteiger partial charge on any atom is 0.334 e. The van der Waals surface area contributed by atoms with Gasteiger partial charge in [-0.1, -0.05) is 73.7 Å². The fraction of sp³-hybridized carbons (Fsp3) is 0.273. The molecule has 25 heavy (non-hydrogen) atoms. The first-order valence-electron chi connectivity index (χ1n) is 8.66. The van der Waals surface area contributed by atoms with Gasteiger partial charge in [-0.15, -0.1) is 0 Å². The van der Waals surface area contributed by atoms with Gasteiger partial charge >= 0.3 is 5.97 Å². The molecule has 3 rings (SSSR count). The third kappa shape index (κ3) is 3.41. The molecule has 0 saturated heterocycles. The minimum atomic E-state index is -0.327. The number of carbonyl (C=O) groups is 2. The van der Waals surface area contributed by atoms with Gasteiger partial charge in [0.2, 0.25) is 0 Å². The van der Waals surface area contributed by atoms with Crippen LogP contribution in [0, 0.1) is 11.8 Å². The van der Waals surface area contributed by atoms with Gasteiger partial charge in [0.1, 0.15) is 0 Å². The van der Waals surface area contributed by atoms with Crippen molar-refractivity contribution in [3.63, 3.8) is 0 Å². The summed E-state index contributed by atoms with van der Waals surface area (Å²) in [5.41, 5.74) is 2.24. The molecule has 1 aliphatic carbocycles. The van der Waals surface area contributed by atoms with Crippen LogP contribution in [0.25, 0.3) is 0 Å². The molecule has 3 nitrogen and oxygen atoms in total. The summed E-state index contributed by atoms with van der Waals surface area (Å²) in [5, 5.41) is 0. The van der Waals surface area contributed by atoms with Crippen molar-refractivity contribution in [2.75, 3.05) is 6.61 Å². The van der Waals surface area contributed by atoms with E-state index in [1.54, 1.807) is 6.92 Å². The van der Waals surface area contributed by atoms with E-state index in [0.29, 0.717) is 17.7 Å². The average molecular weight is 334 g/mol. The molecule has 0 aromatic heterocycles. The smallest absolute Gasteiger partial charge is 0.334 e. The molecule has 2 aromatic rings. The van der Waals surface area contributed by atoms with Crippen molar-refractivity contribution >= 4 is 11.8 Å². The molecule has 3 heteroatoms. The van der Waals surface area contributed by atoms with Crippen LogP contribution < -0.4 is 0 Å². The monoisotopic (exact) mass is 334 g/mol. The molecule has 1 aliphatic rings. The number of allylic oxidation sites excluding steroid dienone is 1. The second-order valence-electron chi connectivity index (χ2n) is 6.35. The van der Waals surface area contributed by atoms with Crippen molar-refractivity contribution in [3.05, 3.63) is 83.4 Å². The number of rotatable bonds is 5. The van der Waals surface area contributed by atoms with Gasteiger partial charge in [0.05, 0.1) is 6.61 Å². The molecular weight excluding hydrogens is 312 g/mol. The first-order valence-corrected chi connectivity index (χ1v) is 8.66. The first kappa shape index (κ1) is 17.2. The van der Waals surface area contributed by atoms with Crippen LogP contribution in [0.15, 0.2) is 72.3 Å². The van der Waals surface area contributed by atoms with E-state index in [2.05, 4.69) is 0 Å². The summed E-state index contributed by atoms with van der Waals surface area (Å²) in [5.74, 6) is -0.867.